The lowest BCUT2D eigenvalue weighted by molar-refractivity contribution is -0.122. The van der Waals surface area contributed by atoms with E-state index in [0.29, 0.717) is 36.8 Å². The minimum Gasteiger partial charge on any atom is -0.435 e. The van der Waals surface area contributed by atoms with Crippen LogP contribution in [0.5, 0.6) is 5.75 Å². The summed E-state index contributed by atoms with van der Waals surface area (Å²) in [5, 5.41) is 6.87. The van der Waals surface area contributed by atoms with Crippen molar-refractivity contribution >= 4 is 5.91 Å². The number of ether oxygens (including phenoxy) is 1. The minimum atomic E-state index is -2.85. The van der Waals surface area contributed by atoms with Crippen molar-refractivity contribution in [1.82, 2.24) is 20.4 Å². The lowest BCUT2D eigenvalue weighted by Gasteiger charge is -2.30. The van der Waals surface area contributed by atoms with Gasteiger partial charge in [-0.2, -0.15) is 13.8 Å². The van der Waals surface area contributed by atoms with Crippen LogP contribution >= 0.6 is 0 Å². The molecule has 180 valence electrons. The molecule has 2 heterocycles. The van der Waals surface area contributed by atoms with Gasteiger partial charge in [0.2, 0.25) is 17.6 Å². The van der Waals surface area contributed by atoms with E-state index >= 15 is 0 Å². The lowest BCUT2D eigenvalue weighted by atomic mass is 9.98. The molecular formula is C24H25F3N4O3. The number of benzene rings is 2. The van der Waals surface area contributed by atoms with Crippen molar-refractivity contribution < 1.29 is 27.2 Å². The number of alkyl halides is 2. The first kappa shape index (κ1) is 23.7. The molecule has 10 heteroatoms. The quantitative estimate of drug-likeness (QED) is 0.505. The van der Waals surface area contributed by atoms with E-state index in [2.05, 4.69) is 20.2 Å². The summed E-state index contributed by atoms with van der Waals surface area (Å²) in [4.78, 5) is 18.9. The third-order valence-corrected chi connectivity index (χ3v) is 5.63. The third-order valence-electron chi connectivity index (χ3n) is 5.63. The Morgan fingerprint density at radius 2 is 2.06 bits per heavy atom. The van der Waals surface area contributed by atoms with Crippen LogP contribution in [0.15, 0.2) is 53.1 Å². The molecule has 4 rings (SSSR count). The number of aromatic nitrogens is 2. The first-order valence-corrected chi connectivity index (χ1v) is 11.1. The zero-order chi connectivity index (χ0) is 23.9. The van der Waals surface area contributed by atoms with Crippen molar-refractivity contribution in [2.24, 2.45) is 0 Å². The van der Waals surface area contributed by atoms with Gasteiger partial charge in [-0.05, 0) is 55.6 Å². The molecule has 1 N–H and O–H groups in total. The molecule has 1 fully saturated rings. The molecule has 0 aliphatic carbocycles. The van der Waals surface area contributed by atoms with Gasteiger partial charge in [0.15, 0.2) is 0 Å². The second-order valence-corrected chi connectivity index (χ2v) is 8.16. The summed E-state index contributed by atoms with van der Waals surface area (Å²) in [6.45, 7) is -0.756. The van der Waals surface area contributed by atoms with Gasteiger partial charge in [-0.15, -0.1) is 0 Å². The number of halogens is 3. The van der Waals surface area contributed by atoms with Crippen molar-refractivity contribution in [3.63, 3.8) is 0 Å². The Hall–Kier alpha value is -3.40. The van der Waals surface area contributed by atoms with Crippen molar-refractivity contribution in [3.8, 4) is 17.1 Å². The Kier molecular flexibility index (Phi) is 7.79. The van der Waals surface area contributed by atoms with Crippen LogP contribution in [-0.4, -0.2) is 53.7 Å². The van der Waals surface area contributed by atoms with Crippen LogP contribution in [0.1, 0.15) is 30.2 Å². The summed E-state index contributed by atoms with van der Waals surface area (Å²) < 4.78 is 47.7. The summed E-state index contributed by atoms with van der Waals surface area (Å²) in [6, 6.07) is 12.4. The number of amides is 1. The highest BCUT2D eigenvalue weighted by molar-refractivity contribution is 5.78. The standard InChI is InChI=1S/C24H25F3N4O3/c25-19-5-1-3-17(13-19)22-29-23(34-30-22)18-4-2-12-31(14-18)15-21(32)28-11-10-16-6-8-20(9-7-16)33-24(26)27/h1,3,5-9,13,18,24H,2,4,10-12,14-15H2,(H,28,32). The van der Waals surface area contributed by atoms with E-state index in [1.54, 1.807) is 24.3 Å². The Morgan fingerprint density at radius 1 is 1.24 bits per heavy atom. The van der Waals surface area contributed by atoms with Crippen LogP contribution < -0.4 is 10.1 Å². The van der Waals surface area contributed by atoms with Gasteiger partial charge >= 0.3 is 6.61 Å². The normalized spacial score (nSPS) is 16.5. The van der Waals surface area contributed by atoms with Gasteiger partial charge in [0.05, 0.1) is 12.5 Å². The van der Waals surface area contributed by atoms with Gasteiger partial charge in [-0.25, -0.2) is 4.39 Å². The molecule has 0 spiro atoms. The highest BCUT2D eigenvalue weighted by Gasteiger charge is 2.27. The topological polar surface area (TPSA) is 80.5 Å². The van der Waals surface area contributed by atoms with Crippen LogP contribution in [0.2, 0.25) is 0 Å². The number of carbonyl (C=O) groups excluding carboxylic acids is 1. The van der Waals surface area contributed by atoms with Crippen molar-refractivity contribution in [1.29, 1.82) is 0 Å². The van der Waals surface area contributed by atoms with Crippen LogP contribution in [0.25, 0.3) is 11.4 Å². The van der Waals surface area contributed by atoms with E-state index in [1.165, 1.54) is 24.3 Å². The maximum absolute atomic E-state index is 13.5. The van der Waals surface area contributed by atoms with Gasteiger partial charge in [-0.3, -0.25) is 9.69 Å². The predicted octanol–water partition coefficient (Wildman–Crippen LogP) is 4.02. The Bertz CT molecular complexity index is 1090. The monoisotopic (exact) mass is 474 g/mol. The number of hydrogen-bond donors (Lipinski definition) is 1. The minimum absolute atomic E-state index is 0.00494. The second kappa shape index (κ2) is 11.1. The van der Waals surface area contributed by atoms with Gasteiger partial charge < -0.3 is 14.6 Å². The summed E-state index contributed by atoms with van der Waals surface area (Å²) in [5.74, 6) is 0.486. The number of rotatable bonds is 9. The largest absolute Gasteiger partial charge is 0.435 e. The number of nitrogens with zero attached hydrogens (tertiary/aromatic N) is 3. The van der Waals surface area contributed by atoms with Crippen LogP contribution in [0, 0.1) is 5.82 Å². The Balaban J connectivity index is 1.23. The molecular weight excluding hydrogens is 449 g/mol. The molecule has 1 unspecified atom stereocenters. The number of carbonyl (C=O) groups is 1. The highest BCUT2D eigenvalue weighted by atomic mass is 19.3. The smallest absolute Gasteiger partial charge is 0.387 e. The molecule has 1 saturated heterocycles. The van der Waals surface area contributed by atoms with Crippen molar-refractivity contribution in [2.45, 2.75) is 31.8 Å². The van der Waals surface area contributed by atoms with E-state index in [0.717, 1.165) is 24.9 Å². The van der Waals surface area contributed by atoms with E-state index in [9.17, 15) is 18.0 Å². The second-order valence-electron chi connectivity index (χ2n) is 8.16. The average molecular weight is 474 g/mol. The molecule has 34 heavy (non-hydrogen) atoms. The van der Waals surface area contributed by atoms with Gasteiger partial charge in [0.25, 0.3) is 0 Å². The molecule has 0 radical (unpaired) electrons. The van der Waals surface area contributed by atoms with Crippen LogP contribution in [0.3, 0.4) is 0 Å². The zero-order valence-corrected chi connectivity index (χ0v) is 18.4. The lowest BCUT2D eigenvalue weighted by Crippen LogP contribution is -2.42. The number of nitrogens with one attached hydrogen (secondary N) is 1. The molecule has 0 saturated carbocycles. The summed E-state index contributed by atoms with van der Waals surface area (Å²) >= 11 is 0. The van der Waals surface area contributed by atoms with E-state index in [4.69, 9.17) is 4.52 Å². The van der Waals surface area contributed by atoms with Crippen LogP contribution in [0.4, 0.5) is 13.2 Å². The maximum atomic E-state index is 13.5. The number of hydrogen-bond acceptors (Lipinski definition) is 6. The fraction of sp³-hybridized carbons (Fsp3) is 0.375. The number of piperidine rings is 1. The van der Waals surface area contributed by atoms with Crippen molar-refractivity contribution in [2.75, 3.05) is 26.2 Å². The molecule has 1 aliphatic rings. The first-order chi connectivity index (χ1) is 16.5. The van der Waals surface area contributed by atoms with E-state index < -0.39 is 6.61 Å². The van der Waals surface area contributed by atoms with E-state index in [-0.39, 0.29) is 29.9 Å². The predicted molar refractivity (Wildman–Crippen MR) is 118 cm³/mol. The molecule has 1 amide bonds. The molecule has 1 aliphatic heterocycles. The van der Waals surface area contributed by atoms with Gasteiger partial charge in [0.1, 0.15) is 11.6 Å². The average Bonchev–Trinajstić information content (AvgIpc) is 3.31. The zero-order valence-electron chi connectivity index (χ0n) is 18.4. The van der Waals surface area contributed by atoms with Crippen molar-refractivity contribution in [3.05, 3.63) is 65.8 Å². The summed E-state index contributed by atoms with van der Waals surface area (Å²) in [7, 11) is 0. The SMILES string of the molecule is O=C(CN1CCCC(c2nc(-c3cccc(F)c3)no2)C1)NCCc1ccc(OC(F)F)cc1. The summed E-state index contributed by atoms with van der Waals surface area (Å²) in [6.07, 6.45) is 2.34. The molecule has 1 aromatic heterocycles. The first-order valence-electron chi connectivity index (χ1n) is 11.1. The van der Waals surface area contributed by atoms with Gasteiger partial charge in [-0.1, -0.05) is 29.4 Å². The van der Waals surface area contributed by atoms with Gasteiger partial charge in [0, 0.05) is 18.7 Å². The number of likely N-dealkylation sites (tertiary alicyclic amines) is 1. The maximum Gasteiger partial charge on any atom is 0.387 e. The summed E-state index contributed by atoms with van der Waals surface area (Å²) in [5.41, 5.74) is 1.46. The Morgan fingerprint density at radius 3 is 2.82 bits per heavy atom. The fourth-order valence-corrected chi connectivity index (χ4v) is 3.99. The molecule has 7 nitrogen and oxygen atoms in total. The Labute approximate surface area is 194 Å². The highest BCUT2D eigenvalue weighted by Crippen LogP contribution is 2.27. The molecule has 1 atom stereocenters. The van der Waals surface area contributed by atoms with E-state index in [1.807, 2.05) is 4.90 Å². The third kappa shape index (κ3) is 6.57. The molecule has 0 bridgehead atoms. The fourth-order valence-electron chi connectivity index (χ4n) is 3.99. The molecule has 3 aromatic rings. The molecule has 2 aromatic carbocycles. The van der Waals surface area contributed by atoms with Crippen LogP contribution in [-0.2, 0) is 11.2 Å².